The molecule has 0 atom stereocenters. The lowest BCUT2D eigenvalue weighted by Crippen LogP contribution is -2.22. The normalized spacial score (nSPS) is 11.4. The first-order valence-corrected chi connectivity index (χ1v) is 4.34. The Morgan fingerprint density at radius 2 is 1.86 bits per heavy atom. The lowest BCUT2D eigenvalue weighted by molar-refractivity contribution is -0.148. The van der Waals surface area contributed by atoms with Crippen LogP contribution in [0.4, 0.5) is 0 Å². The highest BCUT2D eigenvalue weighted by Gasteiger charge is 2.13. The second-order valence-electron chi connectivity index (χ2n) is 3.74. The molecule has 0 unspecified atom stereocenters. The van der Waals surface area contributed by atoms with E-state index in [-0.39, 0.29) is 12.6 Å². The van der Waals surface area contributed by atoms with Gasteiger partial charge in [0.1, 0.15) is 12.2 Å². The zero-order valence-corrected chi connectivity index (χ0v) is 8.99. The predicted molar refractivity (Wildman–Crippen MR) is 51.6 cm³/mol. The van der Waals surface area contributed by atoms with Crippen molar-refractivity contribution in [3.63, 3.8) is 0 Å². The Bertz CT molecular complexity index is 235. The summed E-state index contributed by atoms with van der Waals surface area (Å²) in [6, 6.07) is 0. The summed E-state index contributed by atoms with van der Waals surface area (Å²) >= 11 is 0. The number of rotatable bonds is 3. The van der Waals surface area contributed by atoms with E-state index in [0.29, 0.717) is 0 Å². The lowest BCUT2D eigenvalue weighted by atomic mass is 10.2. The van der Waals surface area contributed by atoms with Crippen LogP contribution in [0.15, 0.2) is 12.2 Å². The Balaban J connectivity index is 3.78. The van der Waals surface area contributed by atoms with E-state index < -0.39 is 11.6 Å². The third-order valence-electron chi connectivity index (χ3n) is 1.04. The van der Waals surface area contributed by atoms with E-state index in [4.69, 9.17) is 4.74 Å². The van der Waals surface area contributed by atoms with Crippen LogP contribution >= 0.6 is 0 Å². The Morgan fingerprint density at radius 3 is 2.29 bits per heavy atom. The van der Waals surface area contributed by atoms with Gasteiger partial charge in [-0.2, -0.15) is 0 Å². The molecule has 0 aromatic carbocycles. The van der Waals surface area contributed by atoms with Gasteiger partial charge in [-0.25, -0.2) is 4.79 Å². The average molecular weight is 200 g/mol. The number of hydrogen-bond donors (Lipinski definition) is 0. The molecule has 0 aliphatic carbocycles. The van der Waals surface area contributed by atoms with Crippen LogP contribution < -0.4 is 0 Å². The quantitative estimate of drug-likeness (QED) is 0.511. The molecule has 0 bridgehead atoms. The van der Waals surface area contributed by atoms with Gasteiger partial charge in [0.15, 0.2) is 0 Å². The molecule has 4 nitrogen and oxygen atoms in total. The third-order valence-corrected chi connectivity index (χ3v) is 1.04. The Kier molecular flexibility index (Phi) is 4.91. The van der Waals surface area contributed by atoms with Crippen molar-refractivity contribution in [3.05, 3.63) is 12.2 Å². The number of hydrogen-bond acceptors (Lipinski definition) is 4. The van der Waals surface area contributed by atoms with Crippen molar-refractivity contribution >= 4 is 11.9 Å². The minimum Gasteiger partial charge on any atom is -0.462 e. The van der Waals surface area contributed by atoms with Crippen molar-refractivity contribution in [2.75, 3.05) is 6.61 Å². The van der Waals surface area contributed by atoms with Crippen molar-refractivity contribution in [2.45, 2.75) is 33.3 Å². The third kappa shape index (κ3) is 8.77. The molecule has 0 aromatic heterocycles. The van der Waals surface area contributed by atoms with E-state index >= 15 is 0 Å². The lowest BCUT2D eigenvalue weighted by Gasteiger charge is -2.17. The fourth-order valence-electron chi connectivity index (χ4n) is 0.646. The maximum atomic E-state index is 11.1. The van der Waals surface area contributed by atoms with E-state index in [1.54, 1.807) is 20.8 Å². The molecule has 0 spiro atoms. The first kappa shape index (κ1) is 12.7. The second-order valence-corrected chi connectivity index (χ2v) is 3.74. The molecule has 0 aliphatic heterocycles. The highest BCUT2D eigenvalue weighted by atomic mass is 16.6. The van der Waals surface area contributed by atoms with Crippen molar-refractivity contribution in [2.24, 2.45) is 0 Å². The van der Waals surface area contributed by atoms with Gasteiger partial charge in [-0.15, -0.1) is 0 Å². The summed E-state index contributed by atoms with van der Waals surface area (Å²) < 4.78 is 9.57. The molecule has 0 N–H and O–H groups in total. The van der Waals surface area contributed by atoms with Gasteiger partial charge in [0.25, 0.3) is 0 Å². The number of esters is 2. The van der Waals surface area contributed by atoms with Gasteiger partial charge in [-0.05, 0) is 26.8 Å². The van der Waals surface area contributed by atoms with Crippen LogP contribution in [0.25, 0.3) is 0 Å². The molecule has 0 radical (unpaired) electrons. The van der Waals surface area contributed by atoms with Crippen LogP contribution in [0.3, 0.4) is 0 Å². The van der Waals surface area contributed by atoms with Crippen molar-refractivity contribution < 1.29 is 19.1 Å². The van der Waals surface area contributed by atoms with Crippen LogP contribution in [0.5, 0.6) is 0 Å². The molecular formula is C10H16O4. The van der Waals surface area contributed by atoms with Gasteiger partial charge in [-0.3, -0.25) is 4.79 Å². The molecule has 0 heterocycles. The molecule has 0 saturated carbocycles. The van der Waals surface area contributed by atoms with E-state index in [1.807, 2.05) is 0 Å². The van der Waals surface area contributed by atoms with E-state index in [1.165, 1.54) is 19.1 Å². The fraction of sp³-hybridized carbons (Fsp3) is 0.600. The van der Waals surface area contributed by atoms with Gasteiger partial charge in [0.2, 0.25) is 0 Å². The van der Waals surface area contributed by atoms with E-state index in [0.717, 1.165) is 0 Å². The number of carbonyl (C=O) groups excluding carboxylic acids is 2. The zero-order chi connectivity index (χ0) is 11.2. The molecule has 0 saturated heterocycles. The smallest absolute Gasteiger partial charge is 0.331 e. The second kappa shape index (κ2) is 5.42. The van der Waals surface area contributed by atoms with Crippen LogP contribution in [-0.4, -0.2) is 24.1 Å². The summed E-state index contributed by atoms with van der Waals surface area (Å²) in [6.45, 7) is 6.75. The van der Waals surface area contributed by atoms with E-state index in [9.17, 15) is 9.59 Å². The summed E-state index contributed by atoms with van der Waals surface area (Å²) in [6.07, 6.45) is 2.68. The van der Waals surface area contributed by atoms with Crippen molar-refractivity contribution in [3.8, 4) is 0 Å². The van der Waals surface area contributed by atoms with E-state index in [2.05, 4.69) is 4.74 Å². The molecule has 0 amide bonds. The largest absolute Gasteiger partial charge is 0.462 e. The Morgan fingerprint density at radius 1 is 1.29 bits per heavy atom. The summed E-state index contributed by atoms with van der Waals surface area (Å²) in [5.41, 5.74) is -0.497. The molecule has 4 heteroatoms. The van der Waals surface area contributed by atoms with Gasteiger partial charge < -0.3 is 9.47 Å². The zero-order valence-electron chi connectivity index (χ0n) is 8.99. The summed E-state index contributed by atoms with van der Waals surface area (Å²) in [4.78, 5) is 21.4. The highest BCUT2D eigenvalue weighted by molar-refractivity contribution is 5.82. The van der Waals surface area contributed by atoms with Crippen molar-refractivity contribution in [1.29, 1.82) is 0 Å². The molecule has 0 aromatic rings. The topological polar surface area (TPSA) is 52.6 Å². The minimum atomic E-state index is -0.497. The summed E-state index contributed by atoms with van der Waals surface area (Å²) in [5, 5.41) is 0. The van der Waals surface area contributed by atoms with Gasteiger partial charge >= 0.3 is 11.9 Å². The van der Waals surface area contributed by atoms with Crippen molar-refractivity contribution in [1.82, 2.24) is 0 Å². The highest BCUT2D eigenvalue weighted by Crippen LogP contribution is 2.06. The van der Waals surface area contributed by atoms with Gasteiger partial charge in [0, 0.05) is 13.0 Å². The number of ether oxygens (including phenoxy) is 2. The summed E-state index contributed by atoms with van der Waals surface area (Å²) in [5.74, 6) is -0.816. The fourth-order valence-corrected chi connectivity index (χ4v) is 0.646. The average Bonchev–Trinajstić information content (AvgIpc) is 1.94. The monoisotopic (exact) mass is 200 g/mol. The molecule has 80 valence electrons. The predicted octanol–water partition coefficient (Wildman–Crippen LogP) is 1.45. The van der Waals surface area contributed by atoms with Gasteiger partial charge in [-0.1, -0.05) is 0 Å². The molecular weight excluding hydrogens is 184 g/mol. The Hall–Kier alpha value is -1.32. The van der Waals surface area contributed by atoms with Crippen LogP contribution in [0, 0.1) is 0 Å². The summed E-state index contributed by atoms with van der Waals surface area (Å²) in [7, 11) is 0. The first-order chi connectivity index (χ1) is 6.31. The van der Waals surface area contributed by atoms with Gasteiger partial charge in [0.05, 0.1) is 0 Å². The maximum Gasteiger partial charge on any atom is 0.331 e. The molecule has 0 aliphatic rings. The first-order valence-electron chi connectivity index (χ1n) is 4.34. The van der Waals surface area contributed by atoms with Crippen LogP contribution in [0.1, 0.15) is 27.7 Å². The standard InChI is InChI=1S/C10H16O4/c1-8(11)13-7-5-6-9(12)14-10(2,3)4/h5-6H,7H2,1-4H3/b6-5+. The molecule has 0 rings (SSSR count). The minimum absolute atomic E-state index is 0.0918. The van der Waals surface area contributed by atoms with Crippen LogP contribution in [-0.2, 0) is 19.1 Å². The number of carbonyl (C=O) groups is 2. The van der Waals surface area contributed by atoms with Crippen LogP contribution in [0.2, 0.25) is 0 Å². The molecule has 14 heavy (non-hydrogen) atoms. The molecule has 0 fully saturated rings. The Labute approximate surface area is 83.9 Å². The maximum absolute atomic E-state index is 11.1. The SMILES string of the molecule is CC(=O)OC/C=C/C(=O)OC(C)(C)C.